The molecule has 2 rings (SSSR count). The van der Waals surface area contributed by atoms with Crippen LogP contribution in [-0.4, -0.2) is 24.1 Å². The molecule has 1 heterocycles. The van der Waals surface area contributed by atoms with Crippen LogP contribution in [0.1, 0.15) is 28.8 Å². The minimum atomic E-state index is -0.0518. The Morgan fingerprint density at radius 1 is 1.38 bits per heavy atom. The number of carbonyl (C=O) groups excluding carboxylic acids is 1. The van der Waals surface area contributed by atoms with Crippen LogP contribution in [-0.2, 0) is 4.84 Å². The summed E-state index contributed by atoms with van der Waals surface area (Å²) in [6, 6.07) is 5.69. The first-order chi connectivity index (χ1) is 7.66. The molecule has 16 heavy (non-hydrogen) atoms. The quantitative estimate of drug-likeness (QED) is 0.793. The lowest BCUT2D eigenvalue weighted by atomic mass is 10.1. The second-order valence-electron chi connectivity index (χ2n) is 3.96. The van der Waals surface area contributed by atoms with Gasteiger partial charge in [0.1, 0.15) is 0 Å². The lowest BCUT2D eigenvalue weighted by Crippen LogP contribution is -2.35. The van der Waals surface area contributed by atoms with Gasteiger partial charge in [0.25, 0.3) is 5.91 Å². The molecule has 1 aromatic rings. The van der Waals surface area contributed by atoms with Crippen LogP contribution in [0.3, 0.4) is 0 Å². The minimum Gasteiger partial charge on any atom is -0.271 e. The maximum Gasteiger partial charge on any atom is 0.277 e. The maximum absolute atomic E-state index is 12.1. The number of aryl methyl sites for hydroxylation is 1. The number of benzene rings is 1. The van der Waals surface area contributed by atoms with E-state index in [1.165, 1.54) is 5.06 Å². The summed E-state index contributed by atoms with van der Waals surface area (Å²) in [6.45, 7) is 3.29. The van der Waals surface area contributed by atoms with E-state index >= 15 is 0 Å². The van der Waals surface area contributed by atoms with Gasteiger partial charge in [0.05, 0.1) is 6.61 Å². The molecule has 0 aliphatic carbocycles. The van der Waals surface area contributed by atoms with Crippen LogP contribution in [0, 0.1) is 6.92 Å². The predicted molar refractivity (Wildman–Crippen MR) is 65.1 cm³/mol. The van der Waals surface area contributed by atoms with Crippen LogP contribution < -0.4 is 0 Å². The summed E-state index contributed by atoms with van der Waals surface area (Å²) < 4.78 is 0.924. The summed E-state index contributed by atoms with van der Waals surface area (Å²) in [7, 11) is 0. The van der Waals surface area contributed by atoms with Crippen molar-refractivity contribution < 1.29 is 9.63 Å². The molecule has 0 atom stereocenters. The first kappa shape index (κ1) is 11.6. The van der Waals surface area contributed by atoms with Crippen molar-refractivity contribution in [2.45, 2.75) is 19.8 Å². The van der Waals surface area contributed by atoms with Crippen LogP contribution in [0.4, 0.5) is 0 Å². The third-order valence-corrected chi connectivity index (χ3v) is 2.98. The molecular formula is C12H14BrNO2. The van der Waals surface area contributed by atoms with Gasteiger partial charge < -0.3 is 0 Å². The Morgan fingerprint density at radius 2 is 2.19 bits per heavy atom. The van der Waals surface area contributed by atoms with Gasteiger partial charge in [-0.3, -0.25) is 9.63 Å². The smallest absolute Gasteiger partial charge is 0.271 e. The van der Waals surface area contributed by atoms with Crippen molar-refractivity contribution in [3.63, 3.8) is 0 Å². The SMILES string of the molecule is Cc1cc(Br)cc(C(=O)N2CCCCO2)c1. The molecule has 1 aliphatic rings. The molecule has 1 amide bonds. The van der Waals surface area contributed by atoms with Crippen molar-refractivity contribution in [2.75, 3.05) is 13.2 Å². The first-order valence-electron chi connectivity index (χ1n) is 5.39. The van der Waals surface area contributed by atoms with Crippen molar-refractivity contribution in [3.8, 4) is 0 Å². The molecule has 0 bridgehead atoms. The molecule has 86 valence electrons. The van der Waals surface area contributed by atoms with Crippen molar-refractivity contribution in [1.29, 1.82) is 0 Å². The van der Waals surface area contributed by atoms with Crippen molar-refractivity contribution in [3.05, 3.63) is 33.8 Å². The largest absolute Gasteiger partial charge is 0.277 e. The lowest BCUT2D eigenvalue weighted by molar-refractivity contribution is -0.144. The van der Waals surface area contributed by atoms with E-state index in [1.54, 1.807) is 0 Å². The number of carbonyl (C=O) groups is 1. The van der Waals surface area contributed by atoms with Gasteiger partial charge in [-0.25, -0.2) is 5.06 Å². The fourth-order valence-corrected chi connectivity index (χ4v) is 2.37. The maximum atomic E-state index is 12.1. The van der Waals surface area contributed by atoms with E-state index in [4.69, 9.17) is 4.84 Å². The van der Waals surface area contributed by atoms with E-state index in [-0.39, 0.29) is 5.91 Å². The Balaban J connectivity index is 2.19. The molecule has 0 saturated carbocycles. The average Bonchev–Trinajstić information content (AvgIpc) is 2.28. The van der Waals surface area contributed by atoms with Gasteiger partial charge in [0, 0.05) is 16.6 Å². The van der Waals surface area contributed by atoms with Gasteiger partial charge in [-0.15, -0.1) is 0 Å². The molecule has 0 unspecified atom stereocenters. The zero-order valence-electron chi connectivity index (χ0n) is 9.20. The van der Waals surface area contributed by atoms with E-state index in [0.717, 1.165) is 22.9 Å². The fraction of sp³-hybridized carbons (Fsp3) is 0.417. The van der Waals surface area contributed by atoms with Crippen LogP contribution >= 0.6 is 15.9 Å². The molecule has 1 aromatic carbocycles. The van der Waals surface area contributed by atoms with Gasteiger partial charge in [-0.05, 0) is 43.5 Å². The van der Waals surface area contributed by atoms with E-state index in [9.17, 15) is 4.79 Å². The highest BCUT2D eigenvalue weighted by Crippen LogP contribution is 2.18. The Bertz CT molecular complexity index is 380. The Kier molecular flexibility index (Phi) is 3.61. The molecule has 1 aliphatic heterocycles. The summed E-state index contributed by atoms with van der Waals surface area (Å²) in [5, 5.41) is 1.46. The van der Waals surface area contributed by atoms with Gasteiger partial charge in [-0.2, -0.15) is 0 Å². The van der Waals surface area contributed by atoms with Crippen LogP contribution in [0.25, 0.3) is 0 Å². The molecule has 4 heteroatoms. The fourth-order valence-electron chi connectivity index (χ4n) is 1.76. The number of rotatable bonds is 1. The highest BCUT2D eigenvalue weighted by atomic mass is 79.9. The Labute approximate surface area is 103 Å². The lowest BCUT2D eigenvalue weighted by Gasteiger charge is -2.26. The number of halogens is 1. The van der Waals surface area contributed by atoms with E-state index in [2.05, 4.69) is 15.9 Å². The number of amides is 1. The molecule has 0 spiro atoms. The highest BCUT2D eigenvalue weighted by molar-refractivity contribution is 9.10. The monoisotopic (exact) mass is 283 g/mol. The van der Waals surface area contributed by atoms with Crippen LogP contribution in [0.5, 0.6) is 0 Å². The van der Waals surface area contributed by atoms with Crippen LogP contribution in [0.15, 0.2) is 22.7 Å². The van der Waals surface area contributed by atoms with Gasteiger partial charge in [0.2, 0.25) is 0 Å². The van der Waals surface area contributed by atoms with Crippen molar-refractivity contribution in [1.82, 2.24) is 5.06 Å². The normalized spacial score (nSPS) is 16.2. The summed E-state index contributed by atoms with van der Waals surface area (Å²) in [4.78, 5) is 17.4. The molecule has 1 saturated heterocycles. The summed E-state index contributed by atoms with van der Waals surface area (Å²) in [5.74, 6) is -0.0518. The Morgan fingerprint density at radius 3 is 2.81 bits per heavy atom. The third-order valence-electron chi connectivity index (χ3n) is 2.52. The van der Waals surface area contributed by atoms with Gasteiger partial charge >= 0.3 is 0 Å². The summed E-state index contributed by atoms with van der Waals surface area (Å²) in [6.07, 6.45) is 2.04. The third kappa shape index (κ3) is 2.62. The summed E-state index contributed by atoms with van der Waals surface area (Å²) in [5.41, 5.74) is 1.74. The second kappa shape index (κ2) is 4.97. The number of nitrogens with zero attached hydrogens (tertiary/aromatic N) is 1. The highest BCUT2D eigenvalue weighted by Gasteiger charge is 2.19. The van der Waals surface area contributed by atoms with Gasteiger partial charge in [-0.1, -0.05) is 15.9 Å². The standard InChI is InChI=1S/C12H14BrNO2/c1-9-6-10(8-11(13)7-9)12(15)14-4-2-3-5-16-14/h6-8H,2-5H2,1H3. The molecule has 0 N–H and O–H groups in total. The number of hydrogen-bond acceptors (Lipinski definition) is 2. The first-order valence-corrected chi connectivity index (χ1v) is 6.18. The Hall–Kier alpha value is -0.870. The van der Waals surface area contributed by atoms with E-state index in [0.29, 0.717) is 18.7 Å². The topological polar surface area (TPSA) is 29.5 Å². The van der Waals surface area contributed by atoms with Crippen molar-refractivity contribution >= 4 is 21.8 Å². The van der Waals surface area contributed by atoms with Crippen LogP contribution in [0.2, 0.25) is 0 Å². The molecular weight excluding hydrogens is 270 g/mol. The zero-order valence-corrected chi connectivity index (χ0v) is 10.8. The second-order valence-corrected chi connectivity index (χ2v) is 4.88. The summed E-state index contributed by atoms with van der Waals surface area (Å²) >= 11 is 3.39. The van der Waals surface area contributed by atoms with Gasteiger partial charge in [0.15, 0.2) is 0 Å². The zero-order chi connectivity index (χ0) is 11.5. The predicted octanol–water partition coefficient (Wildman–Crippen LogP) is 2.93. The van der Waals surface area contributed by atoms with Crippen molar-refractivity contribution in [2.24, 2.45) is 0 Å². The molecule has 3 nitrogen and oxygen atoms in total. The average molecular weight is 284 g/mol. The molecule has 1 fully saturated rings. The number of hydrogen-bond donors (Lipinski definition) is 0. The molecule has 0 aromatic heterocycles. The molecule has 0 radical (unpaired) electrons. The minimum absolute atomic E-state index is 0.0518. The van der Waals surface area contributed by atoms with E-state index < -0.39 is 0 Å². The van der Waals surface area contributed by atoms with E-state index in [1.807, 2.05) is 25.1 Å². The number of hydroxylamine groups is 2.